The van der Waals surface area contributed by atoms with Crippen LogP contribution in [0.25, 0.3) is 11.1 Å². The van der Waals surface area contributed by atoms with Crippen LogP contribution in [0.1, 0.15) is 30.5 Å². The summed E-state index contributed by atoms with van der Waals surface area (Å²) < 4.78 is 0. The topological polar surface area (TPSA) is 116 Å². The smallest absolute Gasteiger partial charge is 0.316 e. The third-order valence-corrected chi connectivity index (χ3v) is 5.34. The Hall–Kier alpha value is -3.94. The molecule has 0 saturated carbocycles. The number of rotatable bonds is 6. The van der Waals surface area contributed by atoms with Gasteiger partial charge in [-0.25, -0.2) is 4.79 Å². The number of carboxylic acids is 1. The molecule has 3 rings (SSSR count). The van der Waals surface area contributed by atoms with E-state index in [0.29, 0.717) is 11.1 Å². The van der Waals surface area contributed by atoms with Crippen LogP contribution in [0.15, 0.2) is 60.3 Å². The van der Waals surface area contributed by atoms with E-state index in [1.54, 1.807) is 19.1 Å². The first-order valence-corrected chi connectivity index (χ1v) is 10.1. The summed E-state index contributed by atoms with van der Waals surface area (Å²) in [5, 5.41) is 14.4. The minimum atomic E-state index is -1.35. The summed E-state index contributed by atoms with van der Waals surface area (Å²) in [5.41, 5.74) is 3.88. The number of ketones is 1. The van der Waals surface area contributed by atoms with E-state index in [2.05, 4.69) is 10.6 Å². The zero-order valence-electron chi connectivity index (χ0n) is 18.1. The van der Waals surface area contributed by atoms with Crippen molar-refractivity contribution in [3.8, 4) is 11.1 Å². The lowest BCUT2D eigenvalue weighted by Gasteiger charge is -2.27. The van der Waals surface area contributed by atoms with Gasteiger partial charge in [0, 0.05) is 18.8 Å². The Bertz CT molecular complexity index is 1110. The van der Waals surface area contributed by atoms with Crippen molar-refractivity contribution in [1.29, 1.82) is 0 Å². The van der Waals surface area contributed by atoms with Crippen LogP contribution in [0.3, 0.4) is 0 Å². The third-order valence-electron chi connectivity index (χ3n) is 5.34. The molecule has 166 valence electrons. The van der Waals surface area contributed by atoms with Crippen LogP contribution in [0.4, 0.5) is 4.79 Å². The van der Waals surface area contributed by atoms with Gasteiger partial charge in [0.2, 0.25) is 0 Å². The first-order chi connectivity index (χ1) is 15.2. The number of aliphatic carboxylic acids is 1. The summed E-state index contributed by atoms with van der Waals surface area (Å²) in [6.45, 7) is 3.54. The molecule has 2 atom stereocenters. The Labute approximate surface area is 185 Å². The van der Waals surface area contributed by atoms with E-state index >= 15 is 0 Å². The largest absolute Gasteiger partial charge is 0.481 e. The number of nitrogens with one attached hydrogen (secondary N) is 2. The molecule has 2 unspecified atom stereocenters. The zero-order chi connectivity index (χ0) is 23.4. The van der Waals surface area contributed by atoms with Gasteiger partial charge in [-0.05, 0) is 42.2 Å². The lowest BCUT2D eigenvalue weighted by Crippen LogP contribution is -2.56. The molecule has 0 aliphatic carbocycles. The predicted molar refractivity (Wildman–Crippen MR) is 119 cm³/mol. The minimum absolute atomic E-state index is 0.338. The fourth-order valence-electron chi connectivity index (χ4n) is 3.67. The number of carbonyl (C=O) groups excluding carboxylic acids is 3. The highest BCUT2D eigenvalue weighted by molar-refractivity contribution is 6.16. The quantitative estimate of drug-likeness (QED) is 0.604. The molecule has 0 fully saturated rings. The molecular formula is C24H25N3O5. The van der Waals surface area contributed by atoms with E-state index < -0.39 is 35.8 Å². The highest BCUT2D eigenvalue weighted by Gasteiger charge is 2.35. The molecule has 3 N–H and O–H groups in total. The third kappa shape index (κ3) is 5.03. The Morgan fingerprint density at radius 1 is 1.09 bits per heavy atom. The summed E-state index contributed by atoms with van der Waals surface area (Å²) in [7, 11) is 1.50. The highest BCUT2D eigenvalue weighted by atomic mass is 16.4. The number of likely N-dealkylation sites (N-methyl/N-ethyl adjacent to an activating group) is 1. The average Bonchev–Trinajstić information content (AvgIpc) is 2.75. The maximum Gasteiger partial charge on any atom is 0.316 e. The van der Waals surface area contributed by atoms with Gasteiger partial charge in [0.1, 0.15) is 0 Å². The maximum absolute atomic E-state index is 12.6. The molecule has 0 spiro atoms. The van der Waals surface area contributed by atoms with Crippen molar-refractivity contribution >= 4 is 23.7 Å². The molecule has 1 aliphatic heterocycles. The van der Waals surface area contributed by atoms with Crippen LogP contribution in [-0.4, -0.2) is 46.8 Å². The standard InChI is InChI=1S/C24H25N3O5/c1-14-7-4-5-10-18(14)16-8-6-9-17(11-16)19(12-20(28)29)25-24(32)26-21-22(30)15(2)13-27(3)23(21)31/h4-11,13,19,21H,12H2,1-3H3,(H,28,29)(H2,25,26,32). The minimum Gasteiger partial charge on any atom is -0.481 e. The van der Waals surface area contributed by atoms with E-state index in [-0.39, 0.29) is 6.42 Å². The normalized spacial score (nSPS) is 16.9. The number of hydrogen-bond acceptors (Lipinski definition) is 4. The second-order valence-corrected chi connectivity index (χ2v) is 7.77. The summed E-state index contributed by atoms with van der Waals surface area (Å²) >= 11 is 0. The number of carbonyl (C=O) groups is 4. The van der Waals surface area contributed by atoms with Gasteiger partial charge in [-0.15, -0.1) is 0 Å². The molecule has 32 heavy (non-hydrogen) atoms. The number of amides is 3. The van der Waals surface area contributed by atoms with Gasteiger partial charge < -0.3 is 20.6 Å². The maximum atomic E-state index is 12.6. The molecule has 0 radical (unpaired) electrons. The van der Waals surface area contributed by atoms with Gasteiger partial charge in [0.25, 0.3) is 5.91 Å². The monoisotopic (exact) mass is 435 g/mol. The number of benzene rings is 2. The first-order valence-electron chi connectivity index (χ1n) is 10.1. The van der Waals surface area contributed by atoms with Crippen molar-refractivity contribution < 1.29 is 24.3 Å². The van der Waals surface area contributed by atoms with E-state index in [4.69, 9.17) is 0 Å². The molecule has 2 aromatic rings. The van der Waals surface area contributed by atoms with E-state index in [1.165, 1.54) is 18.1 Å². The van der Waals surface area contributed by atoms with Crippen molar-refractivity contribution in [2.24, 2.45) is 0 Å². The molecule has 8 nitrogen and oxygen atoms in total. The van der Waals surface area contributed by atoms with E-state index in [0.717, 1.165) is 16.7 Å². The molecule has 0 saturated heterocycles. The highest BCUT2D eigenvalue weighted by Crippen LogP contribution is 2.27. The molecule has 1 aliphatic rings. The number of carboxylic acid groups (broad SMARTS) is 1. The van der Waals surface area contributed by atoms with Gasteiger partial charge in [-0.3, -0.25) is 14.4 Å². The molecule has 0 aromatic heterocycles. The van der Waals surface area contributed by atoms with Crippen LogP contribution < -0.4 is 10.6 Å². The Balaban J connectivity index is 1.83. The Morgan fingerprint density at radius 2 is 1.81 bits per heavy atom. The first kappa shape index (κ1) is 22.7. The summed E-state index contributed by atoms with van der Waals surface area (Å²) in [5.74, 6) is -2.16. The lowest BCUT2D eigenvalue weighted by molar-refractivity contribution is -0.138. The molecule has 8 heteroatoms. The lowest BCUT2D eigenvalue weighted by atomic mass is 9.95. The number of nitrogens with zero attached hydrogens (tertiary/aromatic N) is 1. The second kappa shape index (κ2) is 9.47. The molecule has 0 bridgehead atoms. The Kier molecular flexibility index (Phi) is 6.73. The zero-order valence-corrected chi connectivity index (χ0v) is 18.1. The van der Waals surface area contributed by atoms with Gasteiger partial charge in [-0.2, -0.15) is 0 Å². The number of Topliss-reactive ketones (excluding diaryl/α,β-unsaturated/α-hetero) is 1. The summed E-state index contributed by atoms with van der Waals surface area (Å²) in [6, 6.07) is 12.0. The van der Waals surface area contributed by atoms with Crippen molar-refractivity contribution in [3.05, 3.63) is 71.4 Å². The van der Waals surface area contributed by atoms with Gasteiger partial charge in [-0.1, -0.05) is 42.5 Å². The SMILES string of the molecule is CC1=CN(C)C(=O)C(NC(=O)NC(CC(=O)O)c2cccc(-c3ccccc3C)c2)C1=O. The summed E-state index contributed by atoms with van der Waals surface area (Å²) in [4.78, 5) is 50.0. The van der Waals surface area contributed by atoms with E-state index in [1.807, 2.05) is 43.3 Å². The number of aryl methyl sites for hydroxylation is 1. The van der Waals surface area contributed by atoms with Crippen LogP contribution in [0.5, 0.6) is 0 Å². The van der Waals surface area contributed by atoms with Crippen molar-refractivity contribution in [2.45, 2.75) is 32.4 Å². The summed E-state index contributed by atoms with van der Waals surface area (Å²) in [6.07, 6.45) is 1.04. The predicted octanol–water partition coefficient (Wildman–Crippen LogP) is 2.79. The van der Waals surface area contributed by atoms with Crippen LogP contribution >= 0.6 is 0 Å². The van der Waals surface area contributed by atoms with Gasteiger partial charge in [0.05, 0.1) is 12.5 Å². The Morgan fingerprint density at radius 3 is 2.50 bits per heavy atom. The van der Waals surface area contributed by atoms with Gasteiger partial charge in [0.15, 0.2) is 11.8 Å². The second-order valence-electron chi connectivity index (χ2n) is 7.77. The molecule has 3 amide bonds. The van der Waals surface area contributed by atoms with Crippen LogP contribution in [-0.2, 0) is 14.4 Å². The molecule has 1 heterocycles. The van der Waals surface area contributed by atoms with E-state index in [9.17, 15) is 24.3 Å². The van der Waals surface area contributed by atoms with Crippen molar-refractivity contribution in [3.63, 3.8) is 0 Å². The number of hydrogen-bond donors (Lipinski definition) is 3. The van der Waals surface area contributed by atoms with Crippen molar-refractivity contribution in [2.75, 3.05) is 7.05 Å². The van der Waals surface area contributed by atoms with Crippen LogP contribution in [0, 0.1) is 6.92 Å². The van der Waals surface area contributed by atoms with Crippen LogP contribution in [0.2, 0.25) is 0 Å². The fourth-order valence-corrected chi connectivity index (χ4v) is 3.67. The van der Waals surface area contributed by atoms with Crippen molar-refractivity contribution in [1.82, 2.24) is 15.5 Å². The molecule has 2 aromatic carbocycles. The number of urea groups is 1. The van der Waals surface area contributed by atoms with Gasteiger partial charge >= 0.3 is 12.0 Å². The molecular weight excluding hydrogens is 410 g/mol. The fraction of sp³-hybridized carbons (Fsp3) is 0.250. The average molecular weight is 435 g/mol.